The Morgan fingerprint density at radius 3 is 3.11 bits per heavy atom. The average Bonchev–Trinajstić information content (AvgIpc) is 2.93. The molecule has 2 aliphatic heterocycles. The molecule has 2 aliphatic rings. The van der Waals surface area contributed by atoms with Crippen LogP contribution in [-0.4, -0.2) is 34.7 Å². The number of benzene rings is 1. The van der Waals surface area contributed by atoms with Gasteiger partial charge in [0, 0.05) is 25.1 Å². The maximum Gasteiger partial charge on any atom is 0.122 e. The molecule has 1 aromatic heterocycles. The zero-order valence-electron chi connectivity index (χ0n) is 9.97. The number of aromatic nitrogens is 3. The van der Waals surface area contributed by atoms with Crippen molar-refractivity contribution < 1.29 is 4.74 Å². The molecule has 1 N–H and O–H groups in total. The lowest BCUT2D eigenvalue weighted by Crippen LogP contribution is -2.43. The van der Waals surface area contributed by atoms with Gasteiger partial charge in [-0.05, 0) is 23.8 Å². The van der Waals surface area contributed by atoms with Crippen molar-refractivity contribution in [3.63, 3.8) is 0 Å². The predicted molar refractivity (Wildman–Crippen MR) is 66.6 cm³/mol. The second-order valence-corrected chi connectivity index (χ2v) is 4.82. The van der Waals surface area contributed by atoms with Gasteiger partial charge in [0.25, 0.3) is 0 Å². The van der Waals surface area contributed by atoms with Crippen LogP contribution in [0.2, 0.25) is 0 Å². The Balaban J connectivity index is 1.67. The zero-order valence-corrected chi connectivity index (χ0v) is 9.97. The summed E-state index contributed by atoms with van der Waals surface area (Å²) in [5.74, 6) is 1.01. The van der Waals surface area contributed by atoms with Crippen LogP contribution in [0.25, 0.3) is 11.3 Å². The van der Waals surface area contributed by atoms with Gasteiger partial charge in [-0.1, -0.05) is 5.21 Å². The van der Waals surface area contributed by atoms with E-state index in [9.17, 15) is 0 Å². The lowest BCUT2D eigenvalue weighted by Gasteiger charge is -2.26. The van der Waals surface area contributed by atoms with E-state index in [0.29, 0.717) is 6.04 Å². The Morgan fingerprint density at radius 1 is 1.33 bits per heavy atom. The molecule has 1 aromatic carbocycles. The minimum absolute atomic E-state index is 0.462. The first kappa shape index (κ1) is 10.1. The van der Waals surface area contributed by atoms with Crippen molar-refractivity contribution in [3.8, 4) is 17.0 Å². The summed E-state index contributed by atoms with van der Waals surface area (Å²) in [6, 6.07) is 6.71. The molecule has 0 unspecified atom stereocenters. The van der Waals surface area contributed by atoms with Crippen LogP contribution < -0.4 is 10.1 Å². The van der Waals surface area contributed by atoms with Crippen LogP contribution in [0.15, 0.2) is 24.4 Å². The molecule has 0 bridgehead atoms. The quantitative estimate of drug-likeness (QED) is 0.854. The summed E-state index contributed by atoms with van der Waals surface area (Å²) in [6.45, 7) is 2.76. The highest BCUT2D eigenvalue weighted by Gasteiger charge is 2.20. The minimum atomic E-state index is 0.462. The molecule has 5 heteroatoms. The average molecular weight is 242 g/mol. The minimum Gasteiger partial charge on any atom is -0.493 e. The van der Waals surface area contributed by atoms with Crippen molar-refractivity contribution in [2.24, 2.45) is 0 Å². The van der Waals surface area contributed by atoms with E-state index in [1.165, 1.54) is 5.56 Å². The largest absolute Gasteiger partial charge is 0.493 e. The first-order chi connectivity index (χ1) is 8.90. The molecule has 0 amide bonds. The number of rotatable bonds is 2. The van der Waals surface area contributed by atoms with E-state index in [1.807, 2.05) is 16.9 Å². The number of nitrogens with one attached hydrogen (secondary N) is 1. The van der Waals surface area contributed by atoms with Gasteiger partial charge < -0.3 is 10.1 Å². The topological polar surface area (TPSA) is 52.0 Å². The number of hydrogen-bond acceptors (Lipinski definition) is 4. The van der Waals surface area contributed by atoms with E-state index in [2.05, 4.69) is 27.8 Å². The Labute approximate surface area is 105 Å². The van der Waals surface area contributed by atoms with Crippen molar-refractivity contribution in [1.82, 2.24) is 20.3 Å². The number of hydrogen-bond donors (Lipinski definition) is 1. The highest BCUT2D eigenvalue weighted by molar-refractivity contribution is 5.61. The molecule has 18 heavy (non-hydrogen) atoms. The zero-order chi connectivity index (χ0) is 11.9. The summed E-state index contributed by atoms with van der Waals surface area (Å²) in [4.78, 5) is 0. The normalized spacial score (nSPS) is 18.2. The fraction of sp³-hybridized carbons (Fsp3) is 0.385. The third-order valence-corrected chi connectivity index (χ3v) is 3.63. The van der Waals surface area contributed by atoms with Crippen LogP contribution in [0, 0.1) is 0 Å². The molecule has 0 atom stereocenters. The molecule has 92 valence electrons. The smallest absolute Gasteiger partial charge is 0.122 e. The predicted octanol–water partition coefficient (Wildman–Crippen LogP) is 1.02. The van der Waals surface area contributed by atoms with E-state index < -0.39 is 0 Å². The van der Waals surface area contributed by atoms with E-state index >= 15 is 0 Å². The van der Waals surface area contributed by atoms with Crippen LogP contribution in [-0.2, 0) is 6.42 Å². The monoisotopic (exact) mass is 242 g/mol. The van der Waals surface area contributed by atoms with Crippen molar-refractivity contribution in [2.75, 3.05) is 19.7 Å². The van der Waals surface area contributed by atoms with Crippen LogP contribution in [0.1, 0.15) is 11.6 Å². The molecule has 1 saturated heterocycles. The summed E-state index contributed by atoms with van der Waals surface area (Å²) >= 11 is 0. The lowest BCUT2D eigenvalue weighted by atomic mass is 10.1. The summed E-state index contributed by atoms with van der Waals surface area (Å²) in [6.07, 6.45) is 3.02. The van der Waals surface area contributed by atoms with Crippen LogP contribution in [0.3, 0.4) is 0 Å². The summed E-state index contributed by atoms with van der Waals surface area (Å²) in [5, 5.41) is 11.7. The Hall–Kier alpha value is -1.88. The Kier molecular flexibility index (Phi) is 2.14. The second kappa shape index (κ2) is 3.81. The Morgan fingerprint density at radius 2 is 2.28 bits per heavy atom. The van der Waals surface area contributed by atoms with Crippen LogP contribution in [0.4, 0.5) is 0 Å². The first-order valence-electron chi connectivity index (χ1n) is 6.29. The molecule has 3 heterocycles. The van der Waals surface area contributed by atoms with Gasteiger partial charge in [-0.2, -0.15) is 0 Å². The lowest BCUT2D eigenvalue weighted by molar-refractivity contribution is 0.313. The molecule has 0 radical (unpaired) electrons. The van der Waals surface area contributed by atoms with E-state index in [1.54, 1.807) is 0 Å². The highest BCUT2D eigenvalue weighted by atomic mass is 16.5. The van der Waals surface area contributed by atoms with Crippen molar-refractivity contribution in [1.29, 1.82) is 0 Å². The molecular weight excluding hydrogens is 228 g/mol. The van der Waals surface area contributed by atoms with Crippen molar-refractivity contribution in [2.45, 2.75) is 12.5 Å². The van der Waals surface area contributed by atoms with Crippen LogP contribution >= 0.6 is 0 Å². The molecular formula is C13H14N4O. The molecule has 5 nitrogen and oxygen atoms in total. The van der Waals surface area contributed by atoms with Crippen LogP contribution in [0.5, 0.6) is 5.75 Å². The van der Waals surface area contributed by atoms with Gasteiger partial charge in [-0.25, -0.2) is 4.68 Å². The number of nitrogens with zero attached hydrogens (tertiary/aromatic N) is 3. The molecule has 0 aliphatic carbocycles. The van der Waals surface area contributed by atoms with Gasteiger partial charge in [0.2, 0.25) is 0 Å². The molecule has 1 fully saturated rings. The van der Waals surface area contributed by atoms with Gasteiger partial charge in [0.15, 0.2) is 0 Å². The molecule has 4 rings (SSSR count). The fourth-order valence-corrected chi connectivity index (χ4v) is 2.39. The second-order valence-electron chi connectivity index (χ2n) is 4.82. The van der Waals surface area contributed by atoms with Crippen molar-refractivity contribution in [3.05, 3.63) is 30.0 Å². The first-order valence-corrected chi connectivity index (χ1v) is 6.29. The van der Waals surface area contributed by atoms with Gasteiger partial charge in [-0.15, -0.1) is 5.10 Å². The van der Waals surface area contributed by atoms with E-state index in [-0.39, 0.29) is 0 Å². The molecule has 0 saturated carbocycles. The summed E-state index contributed by atoms with van der Waals surface area (Å²) in [7, 11) is 0. The van der Waals surface area contributed by atoms with Gasteiger partial charge >= 0.3 is 0 Å². The number of fused-ring (bicyclic) bond motifs is 1. The maximum absolute atomic E-state index is 5.51. The maximum atomic E-state index is 5.51. The summed E-state index contributed by atoms with van der Waals surface area (Å²) < 4.78 is 7.46. The summed E-state index contributed by atoms with van der Waals surface area (Å²) in [5.41, 5.74) is 3.33. The van der Waals surface area contributed by atoms with Gasteiger partial charge in [0.05, 0.1) is 18.8 Å². The van der Waals surface area contributed by atoms with E-state index in [4.69, 9.17) is 4.74 Å². The molecule has 2 aromatic rings. The Bertz CT molecular complexity index is 588. The third kappa shape index (κ3) is 1.51. The highest BCUT2D eigenvalue weighted by Crippen LogP contribution is 2.29. The standard InChI is InChI=1S/C13H14N4O/c1-2-13-10(3-4-18-13)5-9(1)12-8-17(16-15-12)11-6-14-7-11/h1-2,5,8,11,14H,3-4,6-7H2. The van der Waals surface area contributed by atoms with Gasteiger partial charge in [-0.3, -0.25) is 0 Å². The fourth-order valence-electron chi connectivity index (χ4n) is 2.39. The third-order valence-electron chi connectivity index (χ3n) is 3.63. The number of ether oxygens (including phenoxy) is 1. The molecule has 0 spiro atoms. The SMILES string of the molecule is c1cc2c(cc1-c1cn(C3CNC3)nn1)CCO2. The van der Waals surface area contributed by atoms with Crippen molar-refractivity contribution >= 4 is 0 Å². The van der Waals surface area contributed by atoms with E-state index in [0.717, 1.165) is 43.1 Å². The van der Waals surface area contributed by atoms with Gasteiger partial charge in [0.1, 0.15) is 11.4 Å².